The summed E-state index contributed by atoms with van der Waals surface area (Å²) in [7, 11) is -0.503. The predicted octanol–water partition coefficient (Wildman–Crippen LogP) is 0.0888. The molecule has 10 heteroatoms. The van der Waals surface area contributed by atoms with Gasteiger partial charge in [0.2, 0.25) is 5.95 Å². The number of hydrogen-bond acceptors (Lipinski definition) is 8. The molecule has 2 atom stereocenters. The maximum absolute atomic E-state index is 12.4. The second-order valence-electron chi connectivity index (χ2n) is 9.81. The fraction of sp³-hybridized carbons (Fsp3) is 0.762. The van der Waals surface area contributed by atoms with Crippen LogP contribution in [-0.4, -0.2) is 87.2 Å². The van der Waals surface area contributed by atoms with Gasteiger partial charge in [-0.05, 0) is 53.4 Å². The van der Waals surface area contributed by atoms with E-state index in [2.05, 4.69) is 14.9 Å². The molecule has 1 aromatic heterocycles. The number of anilines is 1. The molecule has 2 saturated heterocycles. The molecular formula is C21H33BN4O5. The van der Waals surface area contributed by atoms with Gasteiger partial charge in [-0.1, -0.05) is 0 Å². The van der Waals surface area contributed by atoms with Crippen LogP contribution in [-0.2, 0) is 14.1 Å². The lowest BCUT2D eigenvalue weighted by molar-refractivity contribution is -0.142. The highest BCUT2D eigenvalue weighted by Crippen LogP contribution is 2.36. The smallest absolute Gasteiger partial charge is 0.399 e. The third kappa shape index (κ3) is 4.44. The lowest BCUT2D eigenvalue weighted by Gasteiger charge is -2.32. The van der Waals surface area contributed by atoms with Crippen LogP contribution in [0.25, 0.3) is 0 Å². The highest BCUT2D eigenvalue weighted by molar-refractivity contribution is 6.61. The number of amides is 1. The van der Waals surface area contributed by atoms with E-state index in [4.69, 9.17) is 14.4 Å². The Kier molecular flexibility index (Phi) is 6.02. The van der Waals surface area contributed by atoms with Gasteiger partial charge in [-0.25, -0.2) is 9.97 Å². The van der Waals surface area contributed by atoms with Crippen LogP contribution in [0, 0.1) is 0 Å². The summed E-state index contributed by atoms with van der Waals surface area (Å²) < 4.78 is 12.2. The van der Waals surface area contributed by atoms with Crippen molar-refractivity contribution in [2.45, 2.75) is 82.8 Å². The Hall–Kier alpha value is -1.75. The van der Waals surface area contributed by atoms with Gasteiger partial charge in [0.15, 0.2) is 6.10 Å². The van der Waals surface area contributed by atoms with Gasteiger partial charge in [0, 0.05) is 43.0 Å². The molecule has 1 amide bonds. The van der Waals surface area contributed by atoms with Crippen LogP contribution < -0.4 is 10.4 Å². The number of aliphatic hydroxyl groups excluding tert-OH is 2. The van der Waals surface area contributed by atoms with Gasteiger partial charge < -0.3 is 29.3 Å². The lowest BCUT2D eigenvalue weighted by Crippen LogP contribution is -2.48. The quantitative estimate of drug-likeness (QED) is 0.584. The first-order valence-corrected chi connectivity index (χ1v) is 11.2. The average Bonchev–Trinajstić information content (AvgIpc) is 3.42. The highest BCUT2D eigenvalue weighted by atomic mass is 16.7. The highest BCUT2D eigenvalue weighted by Gasteiger charge is 2.52. The molecule has 170 valence electrons. The second kappa shape index (κ2) is 8.31. The summed E-state index contributed by atoms with van der Waals surface area (Å²) in [6.45, 7) is 8.71. The molecule has 0 bridgehead atoms. The monoisotopic (exact) mass is 432 g/mol. The zero-order valence-corrected chi connectivity index (χ0v) is 18.8. The van der Waals surface area contributed by atoms with Crippen LogP contribution in [0.3, 0.4) is 0 Å². The van der Waals surface area contributed by atoms with Gasteiger partial charge in [0.05, 0.1) is 17.8 Å². The second-order valence-corrected chi connectivity index (χ2v) is 9.81. The van der Waals surface area contributed by atoms with E-state index in [1.807, 2.05) is 27.7 Å². The first kappa shape index (κ1) is 22.4. The summed E-state index contributed by atoms with van der Waals surface area (Å²) in [5.74, 6) is 0.225. The fourth-order valence-electron chi connectivity index (χ4n) is 4.17. The van der Waals surface area contributed by atoms with Gasteiger partial charge in [-0.3, -0.25) is 4.79 Å². The Morgan fingerprint density at radius 2 is 1.84 bits per heavy atom. The molecule has 3 aliphatic rings. The molecule has 0 spiro atoms. The van der Waals surface area contributed by atoms with E-state index in [1.54, 1.807) is 17.3 Å². The van der Waals surface area contributed by atoms with E-state index in [0.717, 1.165) is 31.1 Å². The number of likely N-dealkylation sites (tertiary alicyclic amines) is 1. The van der Waals surface area contributed by atoms with Crippen LogP contribution in [0.4, 0.5) is 5.95 Å². The number of nitrogens with zero attached hydrogens (tertiary/aromatic N) is 4. The molecule has 0 radical (unpaired) electrons. The summed E-state index contributed by atoms with van der Waals surface area (Å²) in [6, 6.07) is 0.337. The van der Waals surface area contributed by atoms with Crippen molar-refractivity contribution in [1.82, 2.24) is 14.9 Å². The van der Waals surface area contributed by atoms with Gasteiger partial charge in [-0.2, -0.15) is 0 Å². The third-order valence-electron chi connectivity index (χ3n) is 6.95. The van der Waals surface area contributed by atoms with Crippen molar-refractivity contribution in [3.63, 3.8) is 0 Å². The van der Waals surface area contributed by atoms with E-state index in [9.17, 15) is 9.90 Å². The number of carbonyl (C=O) groups excluding carboxylic acids is 1. The number of aromatic nitrogens is 2. The van der Waals surface area contributed by atoms with Crippen molar-refractivity contribution in [3.8, 4) is 0 Å². The van der Waals surface area contributed by atoms with E-state index >= 15 is 0 Å². The summed E-state index contributed by atoms with van der Waals surface area (Å²) in [4.78, 5) is 25.5. The Morgan fingerprint density at radius 1 is 1.23 bits per heavy atom. The van der Waals surface area contributed by atoms with Crippen LogP contribution in [0.5, 0.6) is 0 Å². The van der Waals surface area contributed by atoms with E-state index in [-0.39, 0.29) is 6.04 Å². The molecule has 2 aliphatic heterocycles. The van der Waals surface area contributed by atoms with Gasteiger partial charge in [-0.15, -0.1) is 0 Å². The molecule has 0 unspecified atom stereocenters. The number of rotatable bonds is 7. The van der Waals surface area contributed by atoms with Crippen LogP contribution in [0.15, 0.2) is 12.4 Å². The topological polar surface area (TPSA) is 108 Å². The van der Waals surface area contributed by atoms with Gasteiger partial charge in [0.25, 0.3) is 5.91 Å². The molecule has 31 heavy (non-hydrogen) atoms. The minimum Gasteiger partial charge on any atom is -0.399 e. The van der Waals surface area contributed by atoms with Crippen molar-refractivity contribution in [2.75, 3.05) is 24.6 Å². The van der Waals surface area contributed by atoms with Gasteiger partial charge in [0.1, 0.15) is 0 Å². The number of aliphatic hydroxyl groups is 2. The zero-order chi connectivity index (χ0) is 22.4. The van der Waals surface area contributed by atoms with E-state index in [0.29, 0.717) is 25.1 Å². The molecule has 3 heterocycles. The summed E-state index contributed by atoms with van der Waals surface area (Å²) in [5.41, 5.74) is -0.0657. The van der Waals surface area contributed by atoms with Gasteiger partial charge >= 0.3 is 7.12 Å². The number of hydrogen-bond donors (Lipinski definition) is 2. The van der Waals surface area contributed by atoms with Crippen molar-refractivity contribution in [2.24, 2.45) is 0 Å². The Morgan fingerprint density at radius 3 is 2.39 bits per heavy atom. The number of carbonyl (C=O) groups is 1. The summed E-state index contributed by atoms with van der Waals surface area (Å²) >= 11 is 0. The van der Waals surface area contributed by atoms with Crippen LogP contribution >= 0.6 is 0 Å². The largest absolute Gasteiger partial charge is 0.498 e. The fourth-order valence-corrected chi connectivity index (χ4v) is 4.17. The van der Waals surface area contributed by atoms with Crippen LogP contribution in [0.2, 0.25) is 0 Å². The molecule has 2 N–H and O–H groups in total. The molecule has 1 saturated carbocycles. The SMILES string of the molecule is CC1(C)OB(c2cnc(N(C[C@@H]3CCCN3C(=O)[C@@H](O)CO)C3CC3)nc2)OC1(C)C. The Bertz CT molecular complexity index is 785. The maximum Gasteiger partial charge on any atom is 0.498 e. The van der Waals surface area contributed by atoms with Crippen LogP contribution in [0.1, 0.15) is 53.4 Å². The van der Waals surface area contributed by atoms with Crippen molar-refractivity contribution < 1.29 is 24.3 Å². The van der Waals surface area contributed by atoms with Crippen molar-refractivity contribution >= 4 is 24.4 Å². The predicted molar refractivity (Wildman–Crippen MR) is 116 cm³/mol. The van der Waals surface area contributed by atoms with E-state index in [1.165, 1.54) is 0 Å². The lowest BCUT2D eigenvalue weighted by atomic mass is 9.81. The first-order valence-electron chi connectivity index (χ1n) is 11.2. The molecule has 9 nitrogen and oxygen atoms in total. The zero-order valence-electron chi connectivity index (χ0n) is 18.8. The Labute approximate surface area is 183 Å². The molecule has 1 aromatic rings. The van der Waals surface area contributed by atoms with Crippen molar-refractivity contribution in [3.05, 3.63) is 12.4 Å². The normalized spacial score (nSPS) is 25.7. The summed E-state index contributed by atoms with van der Waals surface area (Å²) in [6.07, 6.45) is 6.05. The van der Waals surface area contributed by atoms with E-state index < -0.39 is 36.9 Å². The third-order valence-corrected chi connectivity index (χ3v) is 6.95. The molecule has 3 fully saturated rings. The molecule has 0 aromatic carbocycles. The minimum atomic E-state index is -1.36. The minimum absolute atomic E-state index is 0.0272. The first-order chi connectivity index (χ1) is 14.6. The average molecular weight is 432 g/mol. The maximum atomic E-state index is 12.4. The molecule has 4 rings (SSSR count). The molecule has 1 aliphatic carbocycles. The summed E-state index contributed by atoms with van der Waals surface area (Å²) in [5, 5.41) is 18.9. The molecular weight excluding hydrogens is 399 g/mol. The standard InChI is InChI=1S/C21H33BN4O5/c1-20(2)21(3,4)31-22(30-20)14-10-23-19(24-11-14)26(15-7-8-15)12-16-6-5-9-25(16)18(29)17(28)13-27/h10-11,15-17,27-28H,5-9,12-13H2,1-4H3/t16-,17-/m0/s1. The van der Waals surface area contributed by atoms with Crippen molar-refractivity contribution in [1.29, 1.82) is 0 Å². The Balaban J connectivity index is 1.47.